The molecule has 2 bridgehead atoms. The minimum absolute atomic E-state index is 0.00678. The number of carbonyl (C=O) groups is 4. The number of allylic oxidation sites excluding steroid dienone is 1. The summed E-state index contributed by atoms with van der Waals surface area (Å²) in [7, 11) is 0. The number of esters is 2. The van der Waals surface area contributed by atoms with Crippen LogP contribution in [0.25, 0.3) is 6.08 Å². The van der Waals surface area contributed by atoms with Gasteiger partial charge < -0.3 is 39.4 Å². The molecule has 3 unspecified atom stereocenters. The molecule has 7 rings (SSSR count). The molecule has 1 aromatic carbocycles. The Balaban J connectivity index is 1.02. The standard InChI is InChI=1S/C37H49N3O11/c1-36(2,3)50-29(43)13-11-24(19-41)39-28(42)14-15-38-35(45)37-17-27-30-31(47-20-46-30)33(37)51-40(32(37)34(44)49-27)18-23-7-5-4-6-22(23)10-8-21-9-12-25-26(16-21)48-25/h4-8,10,21,24-27,30-33,41H,9,11-20H2,1-3H3,(H,38,45)(H,39,42)/t21?,24-,25?,26?,27+,30-,31-,32-,33+,37-/m0/s1. The SMILES string of the molecule is CC(C)(C)OC(=O)CC[C@@H](CO)NC(=O)CCNC(=O)[C@@]12C[C@H]3OC(=O)[C@@H]1N(Cc1ccccc1C=CC1CCC4OC4C1)O[C@@H]2[C@H]1OCO[C@H]13. The van der Waals surface area contributed by atoms with E-state index < -0.39 is 71.3 Å². The van der Waals surface area contributed by atoms with Gasteiger partial charge in [-0.3, -0.25) is 24.0 Å². The number of aliphatic hydroxyl groups is 1. The fourth-order valence-electron chi connectivity index (χ4n) is 8.34. The molecule has 3 N–H and O–H groups in total. The Labute approximate surface area is 297 Å². The molecule has 1 aromatic rings. The molecule has 2 saturated carbocycles. The van der Waals surface area contributed by atoms with E-state index in [1.165, 1.54) is 0 Å². The van der Waals surface area contributed by atoms with Crippen molar-refractivity contribution in [2.75, 3.05) is 19.9 Å². The number of hydrogen-bond donors (Lipinski definition) is 3. The number of rotatable bonds is 13. The second kappa shape index (κ2) is 14.6. The Morgan fingerprint density at radius 1 is 1.10 bits per heavy atom. The van der Waals surface area contributed by atoms with Gasteiger partial charge in [-0.1, -0.05) is 36.4 Å². The van der Waals surface area contributed by atoms with Crippen LogP contribution in [0.2, 0.25) is 0 Å². The maximum atomic E-state index is 14.3. The van der Waals surface area contributed by atoms with Crippen molar-refractivity contribution in [1.82, 2.24) is 15.7 Å². The highest BCUT2D eigenvalue weighted by Gasteiger charge is 2.74. The lowest BCUT2D eigenvalue weighted by Gasteiger charge is -2.48. The normalized spacial score (nSPS) is 34.3. The quantitative estimate of drug-likeness (QED) is 0.201. The fraction of sp³-hybridized carbons (Fsp3) is 0.676. The van der Waals surface area contributed by atoms with Crippen molar-refractivity contribution in [2.45, 2.75) is 127 Å². The molecular formula is C37H49N3O11. The van der Waals surface area contributed by atoms with E-state index in [0.717, 1.165) is 30.4 Å². The van der Waals surface area contributed by atoms with Crippen LogP contribution in [-0.2, 0) is 54.2 Å². The lowest BCUT2D eigenvalue weighted by atomic mass is 9.62. The molecule has 6 aliphatic rings. The summed E-state index contributed by atoms with van der Waals surface area (Å²) in [4.78, 5) is 59.5. The number of benzene rings is 1. The van der Waals surface area contributed by atoms with E-state index in [9.17, 15) is 24.3 Å². The Morgan fingerprint density at radius 2 is 1.90 bits per heavy atom. The van der Waals surface area contributed by atoms with E-state index in [-0.39, 0.29) is 52.2 Å². The number of hydroxylamine groups is 2. The van der Waals surface area contributed by atoms with Gasteiger partial charge >= 0.3 is 11.9 Å². The lowest BCUT2D eigenvalue weighted by Crippen LogP contribution is -2.69. The highest BCUT2D eigenvalue weighted by Crippen LogP contribution is 2.55. The van der Waals surface area contributed by atoms with Crippen LogP contribution >= 0.6 is 0 Å². The molecule has 14 heteroatoms. The largest absolute Gasteiger partial charge is 0.460 e. The summed E-state index contributed by atoms with van der Waals surface area (Å²) >= 11 is 0. The van der Waals surface area contributed by atoms with Gasteiger partial charge in [-0.15, -0.1) is 0 Å². The molecule has 4 aliphatic heterocycles. The molecular weight excluding hydrogens is 662 g/mol. The van der Waals surface area contributed by atoms with E-state index in [4.69, 9.17) is 28.5 Å². The Morgan fingerprint density at radius 3 is 2.69 bits per heavy atom. The fourth-order valence-corrected chi connectivity index (χ4v) is 8.34. The third kappa shape index (κ3) is 7.58. The first-order valence-corrected chi connectivity index (χ1v) is 18.1. The van der Waals surface area contributed by atoms with Crippen molar-refractivity contribution in [1.29, 1.82) is 0 Å². The third-order valence-electron chi connectivity index (χ3n) is 10.8. The molecule has 14 nitrogen and oxygen atoms in total. The number of hydrogen-bond acceptors (Lipinski definition) is 12. The lowest BCUT2D eigenvalue weighted by molar-refractivity contribution is -0.201. The van der Waals surface area contributed by atoms with Gasteiger partial charge in [-0.25, -0.2) is 0 Å². The average Bonchev–Trinajstić information content (AvgIpc) is 3.51. The second-order valence-corrected chi connectivity index (χ2v) is 15.5. The molecule has 278 valence electrons. The minimum Gasteiger partial charge on any atom is -0.460 e. The zero-order valence-corrected chi connectivity index (χ0v) is 29.4. The first-order chi connectivity index (χ1) is 24.4. The summed E-state index contributed by atoms with van der Waals surface area (Å²) < 4.78 is 28.7. The van der Waals surface area contributed by atoms with Gasteiger partial charge in [0.05, 0.1) is 31.4 Å². The number of carbonyl (C=O) groups excluding carboxylic acids is 4. The topological polar surface area (TPSA) is 174 Å². The number of ether oxygens (including phenoxy) is 5. The minimum atomic E-state index is -1.35. The predicted octanol–water partition coefficient (Wildman–Crippen LogP) is 1.91. The first kappa shape index (κ1) is 36.0. The van der Waals surface area contributed by atoms with Crippen molar-refractivity contribution >= 4 is 29.8 Å². The van der Waals surface area contributed by atoms with Crippen LogP contribution in [-0.4, -0.2) is 108 Å². The smallest absolute Gasteiger partial charge is 0.327 e. The molecule has 6 fully saturated rings. The van der Waals surface area contributed by atoms with Crippen LogP contribution in [0.15, 0.2) is 30.3 Å². The van der Waals surface area contributed by atoms with Crippen molar-refractivity contribution < 1.29 is 52.8 Å². The Kier molecular flexibility index (Phi) is 10.3. The van der Waals surface area contributed by atoms with Crippen LogP contribution in [0.4, 0.5) is 0 Å². The van der Waals surface area contributed by atoms with Crippen LogP contribution < -0.4 is 10.6 Å². The molecule has 4 heterocycles. The summed E-state index contributed by atoms with van der Waals surface area (Å²) in [5, 5.41) is 17.0. The van der Waals surface area contributed by atoms with Gasteiger partial charge in [-0.2, -0.15) is 5.06 Å². The highest BCUT2D eigenvalue weighted by molar-refractivity contribution is 5.94. The average molecular weight is 712 g/mol. The number of epoxide rings is 1. The maximum absolute atomic E-state index is 14.3. The molecule has 0 spiro atoms. The summed E-state index contributed by atoms with van der Waals surface area (Å²) in [5.41, 5.74) is -0.0603. The summed E-state index contributed by atoms with van der Waals surface area (Å²) in [6.07, 6.45) is 5.98. The van der Waals surface area contributed by atoms with Gasteiger partial charge in [0, 0.05) is 25.8 Å². The van der Waals surface area contributed by atoms with Gasteiger partial charge in [0.1, 0.15) is 42.2 Å². The molecule has 51 heavy (non-hydrogen) atoms. The summed E-state index contributed by atoms with van der Waals surface area (Å²) in [6.45, 7) is 5.14. The van der Waals surface area contributed by atoms with E-state index in [1.807, 2.05) is 24.3 Å². The number of nitrogens with zero attached hydrogens (tertiary/aromatic N) is 1. The third-order valence-corrected chi connectivity index (χ3v) is 10.8. The van der Waals surface area contributed by atoms with E-state index in [0.29, 0.717) is 18.1 Å². The molecule has 0 aromatic heterocycles. The van der Waals surface area contributed by atoms with Gasteiger partial charge in [0.25, 0.3) is 0 Å². The van der Waals surface area contributed by atoms with E-state index in [1.54, 1.807) is 25.8 Å². The number of aliphatic hydroxyl groups excluding tert-OH is 1. The van der Waals surface area contributed by atoms with Crippen molar-refractivity contribution in [3.05, 3.63) is 41.5 Å². The second-order valence-electron chi connectivity index (χ2n) is 15.5. The molecule has 2 amide bonds. The Hall–Kier alpha value is -3.40. The van der Waals surface area contributed by atoms with Crippen LogP contribution in [0.3, 0.4) is 0 Å². The number of amides is 2. The van der Waals surface area contributed by atoms with Crippen molar-refractivity contribution in [3.63, 3.8) is 0 Å². The molecule has 0 radical (unpaired) electrons. The predicted molar refractivity (Wildman–Crippen MR) is 179 cm³/mol. The zero-order chi connectivity index (χ0) is 35.9. The highest BCUT2D eigenvalue weighted by atomic mass is 16.8. The summed E-state index contributed by atoms with van der Waals surface area (Å²) in [5.74, 6) is -1.39. The Bertz CT molecular complexity index is 1530. The van der Waals surface area contributed by atoms with Crippen LogP contribution in [0.1, 0.15) is 76.8 Å². The summed E-state index contributed by atoms with van der Waals surface area (Å²) in [6, 6.07) is 6.21. The maximum Gasteiger partial charge on any atom is 0.327 e. The van der Waals surface area contributed by atoms with E-state index >= 15 is 0 Å². The van der Waals surface area contributed by atoms with Crippen LogP contribution in [0, 0.1) is 11.3 Å². The molecule has 2 aliphatic carbocycles. The molecule has 4 saturated heterocycles. The zero-order valence-electron chi connectivity index (χ0n) is 29.4. The number of nitrogens with one attached hydrogen (secondary N) is 2. The van der Waals surface area contributed by atoms with Gasteiger partial charge in [0.15, 0.2) is 6.04 Å². The monoisotopic (exact) mass is 711 g/mol. The van der Waals surface area contributed by atoms with E-state index in [2.05, 4.69) is 22.8 Å². The van der Waals surface area contributed by atoms with Crippen molar-refractivity contribution in [2.24, 2.45) is 11.3 Å². The first-order valence-electron chi connectivity index (χ1n) is 18.1. The van der Waals surface area contributed by atoms with Crippen molar-refractivity contribution in [3.8, 4) is 0 Å². The van der Waals surface area contributed by atoms with Gasteiger partial charge in [0.2, 0.25) is 11.8 Å². The number of fused-ring (bicyclic) bond motifs is 5. The van der Waals surface area contributed by atoms with Gasteiger partial charge in [-0.05, 0) is 63.5 Å². The molecule has 10 atom stereocenters. The van der Waals surface area contributed by atoms with Crippen LogP contribution in [0.5, 0.6) is 0 Å².